The number of nitrogens with one attached hydrogen (secondary N) is 1. The summed E-state index contributed by atoms with van der Waals surface area (Å²) >= 11 is 0. The van der Waals surface area contributed by atoms with Crippen molar-refractivity contribution >= 4 is 11.8 Å². The summed E-state index contributed by atoms with van der Waals surface area (Å²) in [7, 11) is 0. The molecule has 0 saturated carbocycles. The summed E-state index contributed by atoms with van der Waals surface area (Å²) in [5, 5.41) is 3.52. The van der Waals surface area contributed by atoms with Gasteiger partial charge in [-0.1, -0.05) is 48.5 Å². The lowest BCUT2D eigenvalue weighted by Crippen LogP contribution is -2.42. The average molecular weight is 338 g/mol. The van der Waals surface area contributed by atoms with Crippen LogP contribution in [0.1, 0.15) is 24.0 Å². The van der Waals surface area contributed by atoms with Gasteiger partial charge in [0.25, 0.3) is 0 Å². The molecule has 1 saturated heterocycles. The Bertz CT molecular complexity index is 687. The number of ether oxygens (including phenoxy) is 1. The van der Waals surface area contributed by atoms with Gasteiger partial charge in [0, 0.05) is 25.3 Å². The average Bonchev–Trinajstić information content (AvgIpc) is 2.66. The van der Waals surface area contributed by atoms with Crippen molar-refractivity contribution in [2.24, 2.45) is 5.92 Å². The van der Waals surface area contributed by atoms with Gasteiger partial charge in [-0.2, -0.15) is 0 Å². The Morgan fingerprint density at radius 3 is 2.72 bits per heavy atom. The minimum Gasteiger partial charge on any atom is -0.445 e. The van der Waals surface area contributed by atoms with E-state index in [9.17, 15) is 4.79 Å². The Kier molecular flexibility index (Phi) is 5.94. The highest BCUT2D eigenvalue weighted by Gasteiger charge is 2.24. The number of amides is 1. The number of carbonyl (C=O) groups excluding carboxylic acids is 1. The molecule has 2 aromatic rings. The molecular formula is C21H26N2O2. The molecule has 132 valence electrons. The third kappa shape index (κ3) is 4.99. The van der Waals surface area contributed by atoms with Crippen LogP contribution in [0.4, 0.5) is 10.5 Å². The molecule has 4 heteroatoms. The maximum Gasteiger partial charge on any atom is 0.410 e. The molecule has 1 N–H and O–H groups in total. The van der Waals surface area contributed by atoms with E-state index in [2.05, 4.69) is 24.4 Å². The smallest absolute Gasteiger partial charge is 0.410 e. The second-order valence-corrected chi connectivity index (χ2v) is 6.69. The topological polar surface area (TPSA) is 41.6 Å². The predicted octanol–water partition coefficient (Wildman–Crippen LogP) is 4.46. The van der Waals surface area contributed by atoms with E-state index >= 15 is 0 Å². The van der Waals surface area contributed by atoms with Crippen LogP contribution in [0.3, 0.4) is 0 Å². The van der Waals surface area contributed by atoms with Gasteiger partial charge in [0.1, 0.15) is 6.61 Å². The first-order chi connectivity index (χ1) is 12.2. The molecule has 4 nitrogen and oxygen atoms in total. The Labute approximate surface area is 149 Å². The van der Waals surface area contributed by atoms with E-state index in [0.29, 0.717) is 12.5 Å². The highest BCUT2D eigenvalue weighted by Crippen LogP contribution is 2.20. The van der Waals surface area contributed by atoms with Crippen LogP contribution in [0.15, 0.2) is 54.6 Å². The molecule has 1 aliphatic rings. The predicted molar refractivity (Wildman–Crippen MR) is 101 cm³/mol. The second-order valence-electron chi connectivity index (χ2n) is 6.69. The summed E-state index contributed by atoms with van der Waals surface area (Å²) in [6, 6.07) is 18.1. The van der Waals surface area contributed by atoms with Crippen molar-refractivity contribution in [3.05, 3.63) is 65.7 Å². The van der Waals surface area contributed by atoms with E-state index < -0.39 is 0 Å². The first-order valence-corrected chi connectivity index (χ1v) is 8.97. The van der Waals surface area contributed by atoms with Gasteiger partial charge < -0.3 is 15.0 Å². The lowest BCUT2D eigenvalue weighted by Gasteiger charge is -2.32. The Morgan fingerprint density at radius 1 is 1.16 bits per heavy atom. The van der Waals surface area contributed by atoms with Gasteiger partial charge in [0.2, 0.25) is 0 Å². The molecule has 1 aliphatic heterocycles. The number of anilines is 1. The molecule has 1 atom stereocenters. The van der Waals surface area contributed by atoms with E-state index in [4.69, 9.17) is 4.74 Å². The van der Waals surface area contributed by atoms with Gasteiger partial charge in [-0.05, 0) is 42.9 Å². The van der Waals surface area contributed by atoms with E-state index in [1.165, 1.54) is 11.3 Å². The first-order valence-electron chi connectivity index (χ1n) is 8.97. The number of rotatable bonds is 5. The highest BCUT2D eigenvalue weighted by atomic mass is 16.6. The summed E-state index contributed by atoms with van der Waals surface area (Å²) in [4.78, 5) is 14.2. The molecule has 1 fully saturated rings. The first kappa shape index (κ1) is 17.3. The number of hydrogen-bond donors (Lipinski definition) is 1. The van der Waals surface area contributed by atoms with E-state index in [0.717, 1.165) is 38.0 Å². The van der Waals surface area contributed by atoms with Crippen molar-refractivity contribution in [3.63, 3.8) is 0 Å². The molecule has 0 radical (unpaired) electrons. The highest BCUT2D eigenvalue weighted by molar-refractivity contribution is 5.67. The Balaban J connectivity index is 1.47. The van der Waals surface area contributed by atoms with Crippen molar-refractivity contribution in [1.29, 1.82) is 0 Å². The van der Waals surface area contributed by atoms with Crippen molar-refractivity contribution in [2.75, 3.05) is 25.0 Å². The number of hydrogen-bond acceptors (Lipinski definition) is 3. The van der Waals surface area contributed by atoms with Crippen LogP contribution in [-0.2, 0) is 11.3 Å². The van der Waals surface area contributed by atoms with E-state index in [-0.39, 0.29) is 6.09 Å². The number of likely N-dealkylation sites (tertiary alicyclic amines) is 1. The zero-order valence-electron chi connectivity index (χ0n) is 14.8. The normalized spacial score (nSPS) is 17.2. The van der Waals surface area contributed by atoms with Crippen LogP contribution in [-0.4, -0.2) is 30.6 Å². The molecule has 0 aliphatic carbocycles. The lowest BCUT2D eigenvalue weighted by atomic mass is 9.98. The van der Waals surface area contributed by atoms with Crippen molar-refractivity contribution in [3.8, 4) is 0 Å². The number of para-hydroxylation sites is 1. The summed E-state index contributed by atoms with van der Waals surface area (Å²) < 4.78 is 5.46. The molecular weight excluding hydrogens is 312 g/mol. The summed E-state index contributed by atoms with van der Waals surface area (Å²) in [6.45, 7) is 4.87. The quantitative estimate of drug-likeness (QED) is 0.875. The van der Waals surface area contributed by atoms with E-state index in [1.807, 2.05) is 47.4 Å². The number of carbonyl (C=O) groups is 1. The number of piperidine rings is 1. The number of aryl methyl sites for hydroxylation is 1. The zero-order chi connectivity index (χ0) is 17.5. The monoisotopic (exact) mass is 338 g/mol. The van der Waals surface area contributed by atoms with E-state index in [1.54, 1.807) is 0 Å². The second kappa shape index (κ2) is 8.56. The molecule has 0 bridgehead atoms. The molecule has 0 spiro atoms. The number of nitrogens with zero attached hydrogens (tertiary/aromatic N) is 1. The maximum atomic E-state index is 12.3. The van der Waals surface area contributed by atoms with Crippen LogP contribution < -0.4 is 5.32 Å². The van der Waals surface area contributed by atoms with Crippen LogP contribution in [0.2, 0.25) is 0 Å². The fourth-order valence-corrected chi connectivity index (χ4v) is 3.23. The van der Waals surface area contributed by atoms with Gasteiger partial charge in [-0.15, -0.1) is 0 Å². The van der Waals surface area contributed by atoms with Crippen molar-refractivity contribution in [1.82, 2.24) is 4.90 Å². The minimum absolute atomic E-state index is 0.204. The van der Waals surface area contributed by atoms with Crippen LogP contribution in [0.5, 0.6) is 0 Å². The van der Waals surface area contributed by atoms with Gasteiger partial charge in [0.15, 0.2) is 0 Å². The molecule has 1 amide bonds. The maximum absolute atomic E-state index is 12.3. The third-order valence-electron chi connectivity index (χ3n) is 4.71. The summed E-state index contributed by atoms with van der Waals surface area (Å²) in [5.74, 6) is 0.456. The summed E-state index contributed by atoms with van der Waals surface area (Å²) in [6.07, 6.45) is 1.96. The Hall–Kier alpha value is -2.49. The standard InChI is InChI=1S/C21H26N2O2/c1-17-8-5-6-12-20(17)22-14-19-11-7-13-23(15-19)21(24)25-16-18-9-3-2-4-10-18/h2-6,8-10,12,19,22H,7,11,13-16H2,1H3. The minimum atomic E-state index is -0.204. The fraction of sp³-hybridized carbons (Fsp3) is 0.381. The zero-order valence-corrected chi connectivity index (χ0v) is 14.8. The molecule has 2 aromatic carbocycles. The fourth-order valence-electron chi connectivity index (χ4n) is 3.23. The largest absolute Gasteiger partial charge is 0.445 e. The van der Waals surface area contributed by atoms with Gasteiger partial charge >= 0.3 is 6.09 Å². The van der Waals surface area contributed by atoms with Gasteiger partial charge in [-0.25, -0.2) is 4.79 Å². The molecule has 1 unspecified atom stereocenters. The van der Waals surface area contributed by atoms with Gasteiger partial charge in [0.05, 0.1) is 0 Å². The third-order valence-corrected chi connectivity index (χ3v) is 4.71. The SMILES string of the molecule is Cc1ccccc1NCC1CCCN(C(=O)OCc2ccccc2)C1. The van der Waals surface area contributed by atoms with Crippen molar-refractivity contribution < 1.29 is 9.53 Å². The lowest BCUT2D eigenvalue weighted by molar-refractivity contribution is 0.0804. The van der Waals surface area contributed by atoms with Crippen molar-refractivity contribution in [2.45, 2.75) is 26.4 Å². The summed E-state index contributed by atoms with van der Waals surface area (Å²) in [5.41, 5.74) is 3.44. The Morgan fingerprint density at radius 2 is 1.92 bits per heavy atom. The van der Waals surface area contributed by atoms with Crippen LogP contribution in [0, 0.1) is 12.8 Å². The molecule has 1 heterocycles. The molecule has 0 aromatic heterocycles. The molecule has 25 heavy (non-hydrogen) atoms. The van der Waals surface area contributed by atoms with Crippen LogP contribution in [0.25, 0.3) is 0 Å². The number of benzene rings is 2. The van der Waals surface area contributed by atoms with Gasteiger partial charge in [-0.3, -0.25) is 0 Å². The molecule has 3 rings (SSSR count). The van der Waals surface area contributed by atoms with Crippen LogP contribution >= 0.6 is 0 Å².